The van der Waals surface area contributed by atoms with Gasteiger partial charge in [0.2, 0.25) is 0 Å². The first-order valence-electron chi connectivity index (χ1n) is 11.3. The van der Waals surface area contributed by atoms with Crippen molar-refractivity contribution in [3.05, 3.63) is 65.0 Å². The minimum absolute atomic E-state index is 0. The minimum atomic E-state index is 0. The molecule has 2 aromatic rings. The summed E-state index contributed by atoms with van der Waals surface area (Å²) < 4.78 is 0. The van der Waals surface area contributed by atoms with Crippen LogP contribution < -0.4 is 0 Å². The summed E-state index contributed by atoms with van der Waals surface area (Å²) in [5, 5.41) is 0. The van der Waals surface area contributed by atoms with Crippen LogP contribution >= 0.6 is 0 Å². The monoisotopic (exact) mass is 417 g/mol. The van der Waals surface area contributed by atoms with Gasteiger partial charge in [0, 0.05) is 11.9 Å². The molecule has 0 saturated carbocycles. The van der Waals surface area contributed by atoms with E-state index in [0.29, 0.717) is 23.7 Å². The molecule has 1 aromatic carbocycles. The van der Waals surface area contributed by atoms with Crippen LogP contribution in [0.2, 0.25) is 0 Å². The maximum absolute atomic E-state index is 4.40. The average molecular weight is 418 g/mol. The van der Waals surface area contributed by atoms with Crippen LogP contribution in [0.5, 0.6) is 0 Å². The van der Waals surface area contributed by atoms with Crippen LogP contribution in [0, 0.1) is 0 Å². The van der Waals surface area contributed by atoms with Gasteiger partial charge in [-0.3, -0.25) is 4.98 Å². The lowest BCUT2D eigenvalue weighted by Crippen LogP contribution is -1.94. The van der Waals surface area contributed by atoms with Gasteiger partial charge in [0.05, 0.1) is 0 Å². The lowest BCUT2D eigenvalue weighted by molar-refractivity contribution is 0.802. The maximum Gasteiger partial charge on any atom is 0.0429 e. The molecule has 2 rings (SSSR count). The van der Waals surface area contributed by atoms with E-state index >= 15 is 0 Å². The molecule has 0 aliphatic rings. The van der Waals surface area contributed by atoms with Gasteiger partial charge >= 0.3 is 0 Å². The summed E-state index contributed by atoms with van der Waals surface area (Å²) >= 11 is 0. The van der Waals surface area contributed by atoms with Crippen molar-refractivity contribution in [3.63, 3.8) is 0 Å². The normalized spacial score (nSPS) is 9.33. The molecule has 1 heteroatoms. The molecule has 1 aromatic heterocycles. The van der Waals surface area contributed by atoms with Gasteiger partial charge in [0.15, 0.2) is 0 Å². The quantitative estimate of drug-likeness (QED) is 0.482. The molecule has 0 aliphatic carbocycles. The van der Waals surface area contributed by atoms with Gasteiger partial charge < -0.3 is 0 Å². The maximum atomic E-state index is 4.40. The summed E-state index contributed by atoms with van der Waals surface area (Å²) in [5.41, 5.74) is 5.36. The molecule has 176 valence electrons. The number of hydrogen-bond donors (Lipinski definition) is 0. The van der Waals surface area contributed by atoms with Gasteiger partial charge in [0.1, 0.15) is 0 Å². The van der Waals surface area contributed by atoms with Crippen LogP contribution in [-0.4, -0.2) is 4.98 Å². The topological polar surface area (TPSA) is 12.9 Å². The largest absolute Gasteiger partial charge is 0.261 e. The molecule has 0 amide bonds. The van der Waals surface area contributed by atoms with Gasteiger partial charge in [-0.25, -0.2) is 0 Å². The molecule has 0 unspecified atom stereocenters. The Bertz CT molecular complexity index is 465. The molecule has 0 atom stereocenters. The van der Waals surface area contributed by atoms with E-state index in [1.54, 1.807) is 0 Å². The van der Waals surface area contributed by atoms with Gasteiger partial charge in [-0.05, 0) is 46.4 Å². The number of pyridine rings is 1. The van der Waals surface area contributed by atoms with E-state index in [1.807, 2.05) is 33.9 Å². The molecular formula is C29H55N. The van der Waals surface area contributed by atoms with E-state index < -0.39 is 0 Å². The van der Waals surface area contributed by atoms with E-state index in [2.05, 4.69) is 96.8 Å². The fraction of sp³-hybridized carbons (Fsp3) is 0.621. The Hall–Kier alpha value is -1.63. The lowest BCUT2D eigenvalue weighted by Gasteiger charge is -2.08. The van der Waals surface area contributed by atoms with Gasteiger partial charge in [-0.2, -0.15) is 0 Å². The van der Waals surface area contributed by atoms with Crippen molar-refractivity contribution >= 4 is 0 Å². The lowest BCUT2D eigenvalue weighted by atomic mass is 9.97. The summed E-state index contributed by atoms with van der Waals surface area (Å²) in [5.74, 6) is 2.40. The Morgan fingerprint density at radius 2 is 0.767 bits per heavy atom. The zero-order valence-corrected chi connectivity index (χ0v) is 20.8. The summed E-state index contributed by atoms with van der Waals surface area (Å²) in [6, 6.07) is 13.2. The molecule has 1 nitrogen and oxygen atoms in total. The van der Waals surface area contributed by atoms with Gasteiger partial charge in [0.25, 0.3) is 0 Å². The Morgan fingerprint density at radius 3 is 0.967 bits per heavy atom. The van der Waals surface area contributed by atoms with Crippen molar-refractivity contribution in [2.24, 2.45) is 0 Å². The highest BCUT2D eigenvalue weighted by Gasteiger charge is 2.02. The standard InChI is InChI=1S/C12H18.C11H17N.2C2H6.2CH4/c1-9(2)11-5-7-12(8-6-11)10(3)4;1-8(2)10-5-6-11(9(3)4)12-7-10;2*1-2;;/h5-10H,1-4H3;5-9H,1-4H3;2*1-2H3;2*1H4. The smallest absolute Gasteiger partial charge is 0.0429 e. The molecule has 0 fully saturated rings. The van der Waals surface area contributed by atoms with Crippen LogP contribution in [0.25, 0.3) is 0 Å². The second-order valence-electron chi connectivity index (χ2n) is 7.80. The molecule has 0 spiro atoms. The summed E-state index contributed by atoms with van der Waals surface area (Å²) in [7, 11) is 0. The molecule has 30 heavy (non-hydrogen) atoms. The number of benzene rings is 1. The Labute approximate surface area is 191 Å². The van der Waals surface area contributed by atoms with E-state index in [0.717, 1.165) is 0 Å². The molecule has 1 heterocycles. The van der Waals surface area contributed by atoms with Crippen molar-refractivity contribution in [3.8, 4) is 0 Å². The van der Waals surface area contributed by atoms with Crippen LogP contribution in [-0.2, 0) is 0 Å². The molecule has 0 saturated heterocycles. The van der Waals surface area contributed by atoms with Crippen molar-refractivity contribution in [1.29, 1.82) is 0 Å². The zero-order chi connectivity index (χ0) is 22.3. The molecule has 0 aliphatic heterocycles. The number of rotatable bonds is 4. The first-order chi connectivity index (χ1) is 13.2. The predicted octanol–water partition coefficient (Wildman–Crippen LogP) is 10.6. The third-order valence-electron chi connectivity index (χ3n) is 4.34. The van der Waals surface area contributed by atoms with Crippen LogP contribution in [0.1, 0.15) is 144 Å². The fourth-order valence-corrected chi connectivity index (χ4v) is 2.37. The van der Waals surface area contributed by atoms with E-state index in [4.69, 9.17) is 0 Å². The third-order valence-corrected chi connectivity index (χ3v) is 4.34. The Balaban J connectivity index is -0.000000183. The highest BCUT2D eigenvalue weighted by atomic mass is 14.7. The highest BCUT2D eigenvalue weighted by molar-refractivity contribution is 5.26. The van der Waals surface area contributed by atoms with Crippen LogP contribution in [0.15, 0.2) is 42.6 Å². The highest BCUT2D eigenvalue weighted by Crippen LogP contribution is 2.19. The van der Waals surface area contributed by atoms with E-state index in [9.17, 15) is 0 Å². The van der Waals surface area contributed by atoms with Crippen molar-refractivity contribution < 1.29 is 0 Å². The zero-order valence-electron chi connectivity index (χ0n) is 20.8. The predicted molar refractivity (Wildman–Crippen MR) is 143 cm³/mol. The number of hydrogen-bond acceptors (Lipinski definition) is 1. The average Bonchev–Trinajstić information content (AvgIpc) is 2.71. The summed E-state index contributed by atoms with van der Waals surface area (Å²) in [4.78, 5) is 4.40. The number of aromatic nitrogens is 1. The van der Waals surface area contributed by atoms with Gasteiger partial charge in [-0.15, -0.1) is 0 Å². The molecule has 0 N–H and O–H groups in total. The molecule has 0 bridgehead atoms. The van der Waals surface area contributed by atoms with Crippen molar-refractivity contribution in [2.75, 3.05) is 0 Å². The summed E-state index contributed by atoms with van der Waals surface area (Å²) in [6.07, 6.45) is 1.99. The minimum Gasteiger partial charge on any atom is -0.261 e. The second-order valence-corrected chi connectivity index (χ2v) is 7.80. The molecular weight excluding hydrogens is 362 g/mol. The first-order valence-corrected chi connectivity index (χ1v) is 11.3. The van der Waals surface area contributed by atoms with Gasteiger partial charge in [-0.1, -0.05) is 128 Å². The Kier molecular flexibility index (Phi) is 24.6. The number of nitrogens with zero attached hydrogens (tertiary/aromatic N) is 1. The first kappa shape index (κ1) is 35.8. The third kappa shape index (κ3) is 14.4. The Morgan fingerprint density at radius 1 is 0.467 bits per heavy atom. The second kappa shape index (κ2) is 20.6. The summed E-state index contributed by atoms with van der Waals surface area (Å²) in [6.45, 7) is 25.6. The SMILES string of the molecule is C.C.CC.CC.CC(C)c1ccc(C(C)C)cc1.CC(C)c1ccc(C(C)C)nc1. The van der Waals surface area contributed by atoms with Crippen LogP contribution in [0.3, 0.4) is 0 Å². The van der Waals surface area contributed by atoms with Crippen molar-refractivity contribution in [2.45, 2.75) is 122 Å². The molecule has 0 radical (unpaired) electrons. The van der Waals surface area contributed by atoms with E-state index in [-0.39, 0.29) is 14.9 Å². The van der Waals surface area contributed by atoms with Crippen molar-refractivity contribution in [1.82, 2.24) is 4.98 Å². The van der Waals surface area contributed by atoms with Crippen LogP contribution in [0.4, 0.5) is 0 Å². The fourth-order valence-electron chi connectivity index (χ4n) is 2.37. The van der Waals surface area contributed by atoms with E-state index in [1.165, 1.54) is 22.4 Å².